The van der Waals surface area contributed by atoms with Gasteiger partial charge in [-0.1, -0.05) is 43.3 Å². The molecule has 3 aromatic rings. The Bertz CT molecular complexity index is 1170. The van der Waals surface area contributed by atoms with E-state index in [4.69, 9.17) is 0 Å². The van der Waals surface area contributed by atoms with E-state index in [-0.39, 0.29) is 10.8 Å². The van der Waals surface area contributed by atoms with Gasteiger partial charge in [0.25, 0.3) is 0 Å². The zero-order valence-corrected chi connectivity index (χ0v) is 19.6. The van der Waals surface area contributed by atoms with Crippen molar-refractivity contribution < 1.29 is 13.2 Å². The number of hydrogen-bond acceptors (Lipinski definition) is 5. The Labute approximate surface area is 194 Å². The summed E-state index contributed by atoms with van der Waals surface area (Å²) in [5.74, 6) is 1.08. The van der Waals surface area contributed by atoms with Gasteiger partial charge in [-0.3, -0.25) is 4.79 Å². The lowest BCUT2D eigenvalue weighted by Gasteiger charge is -2.33. The van der Waals surface area contributed by atoms with Crippen LogP contribution in [0.5, 0.6) is 0 Å². The average molecular weight is 470 g/mol. The summed E-state index contributed by atoms with van der Waals surface area (Å²) in [4.78, 5) is 22.5. The number of nitrogens with zero attached hydrogens (tertiary/aromatic N) is 2. The molecule has 1 saturated heterocycles. The Morgan fingerprint density at radius 3 is 2.70 bits per heavy atom. The van der Waals surface area contributed by atoms with Crippen LogP contribution in [0, 0.1) is 5.92 Å². The number of amides is 1. The molecule has 0 spiro atoms. The lowest BCUT2D eigenvalue weighted by molar-refractivity contribution is -0.134. The number of nitrogens with one attached hydrogen (secondary N) is 3. The summed E-state index contributed by atoms with van der Waals surface area (Å²) in [6.45, 7) is 4.08. The highest BCUT2D eigenvalue weighted by Crippen LogP contribution is 2.24. The van der Waals surface area contributed by atoms with Crippen LogP contribution in [0.1, 0.15) is 32.6 Å². The largest absolute Gasteiger partial charge is 0.356 e. The third-order valence-corrected chi connectivity index (χ3v) is 7.72. The van der Waals surface area contributed by atoms with Crippen LogP contribution in [0.3, 0.4) is 0 Å². The first kappa shape index (κ1) is 23.3. The van der Waals surface area contributed by atoms with Crippen molar-refractivity contribution in [3.8, 4) is 0 Å². The fraction of sp³-hybridized carbons (Fsp3) is 0.417. The topological polar surface area (TPSA) is 107 Å². The maximum atomic E-state index is 13.4. The summed E-state index contributed by atoms with van der Waals surface area (Å²) in [7, 11) is -3.90. The van der Waals surface area contributed by atoms with E-state index in [9.17, 15) is 13.2 Å². The Morgan fingerprint density at radius 2 is 1.94 bits per heavy atom. The molecule has 0 radical (unpaired) electrons. The molecule has 1 aliphatic heterocycles. The molecule has 4 rings (SSSR count). The summed E-state index contributed by atoms with van der Waals surface area (Å²) >= 11 is 0. The fourth-order valence-corrected chi connectivity index (χ4v) is 5.69. The van der Waals surface area contributed by atoms with E-state index in [2.05, 4.69) is 26.9 Å². The number of H-pyrrole nitrogens is 1. The van der Waals surface area contributed by atoms with Gasteiger partial charge in [-0.2, -0.15) is 4.72 Å². The molecule has 8 nitrogen and oxygen atoms in total. The van der Waals surface area contributed by atoms with Crippen LogP contribution in [0.4, 0.5) is 5.95 Å². The molecule has 0 saturated carbocycles. The Hall–Kier alpha value is -2.91. The Kier molecular flexibility index (Phi) is 7.29. The van der Waals surface area contributed by atoms with Crippen molar-refractivity contribution in [1.29, 1.82) is 0 Å². The minimum absolute atomic E-state index is 0.149. The smallest absolute Gasteiger partial charge is 0.241 e. The molecule has 1 amide bonds. The van der Waals surface area contributed by atoms with Gasteiger partial charge in [0.2, 0.25) is 15.9 Å². The summed E-state index contributed by atoms with van der Waals surface area (Å²) in [5, 5.41) is 4.64. The summed E-state index contributed by atoms with van der Waals surface area (Å²) in [6.07, 6.45) is 6.26. The van der Waals surface area contributed by atoms with Crippen molar-refractivity contribution in [1.82, 2.24) is 19.6 Å². The zero-order valence-electron chi connectivity index (χ0n) is 18.8. The van der Waals surface area contributed by atoms with E-state index in [0.29, 0.717) is 49.7 Å². The maximum absolute atomic E-state index is 13.4. The molecule has 3 N–H and O–H groups in total. The van der Waals surface area contributed by atoms with Gasteiger partial charge in [-0.15, -0.1) is 0 Å². The fourth-order valence-electron chi connectivity index (χ4n) is 4.24. The highest BCUT2D eigenvalue weighted by molar-refractivity contribution is 7.89. The van der Waals surface area contributed by atoms with Gasteiger partial charge < -0.3 is 15.2 Å². The maximum Gasteiger partial charge on any atom is 0.241 e. The van der Waals surface area contributed by atoms with E-state index >= 15 is 0 Å². The number of piperidine rings is 1. The quantitative estimate of drug-likeness (QED) is 0.417. The molecule has 0 aliphatic carbocycles. The van der Waals surface area contributed by atoms with E-state index in [1.165, 1.54) is 0 Å². The Balaban J connectivity index is 1.51. The Morgan fingerprint density at radius 1 is 1.18 bits per heavy atom. The average Bonchev–Trinajstić information content (AvgIpc) is 3.34. The van der Waals surface area contributed by atoms with Gasteiger partial charge in [0.05, 0.1) is 4.90 Å². The van der Waals surface area contributed by atoms with Crippen LogP contribution in [-0.2, 0) is 14.8 Å². The molecule has 1 fully saturated rings. The van der Waals surface area contributed by atoms with Crippen molar-refractivity contribution in [2.24, 2.45) is 5.92 Å². The number of carbonyl (C=O) groups is 1. The number of imidazole rings is 1. The zero-order chi connectivity index (χ0) is 23.3. The standard InChI is InChI=1S/C24H31N5O3S/c1-18-11-16-29(17-12-18)23(30)21(9-5-13-25-24-26-14-15-27-24)28-33(31,32)22-10-4-7-19-6-2-3-8-20(19)22/h2-4,6-8,10,14-15,18,21,28H,5,9,11-13,16-17H2,1H3,(H2,25,26,27)/t21-/m0/s1. The first-order valence-corrected chi connectivity index (χ1v) is 12.9. The number of likely N-dealkylation sites (tertiary alicyclic amines) is 1. The number of aromatic amines is 1. The molecular weight excluding hydrogens is 438 g/mol. The number of benzene rings is 2. The summed E-state index contributed by atoms with van der Waals surface area (Å²) < 4.78 is 29.5. The first-order valence-electron chi connectivity index (χ1n) is 11.5. The lowest BCUT2D eigenvalue weighted by atomic mass is 9.98. The number of fused-ring (bicyclic) bond motifs is 1. The number of hydrogen-bond donors (Lipinski definition) is 3. The molecule has 1 atom stereocenters. The van der Waals surface area contributed by atoms with Crippen LogP contribution >= 0.6 is 0 Å². The monoisotopic (exact) mass is 469 g/mol. The third-order valence-electron chi connectivity index (χ3n) is 6.19. The number of anilines is 1. The molecule has 0 bridgehead atoms. The van der Waals surface area contributed by atoms with Crippen LogP contribution in [0.25, 0.3) is 10.8 Å². The van der Waals surface area contributed by atoms with Gasteiger partial charge in [-0.25, -0.2) is 13.4 Å². The van der Waals surface area contributed by atoms with Gasteiger partial charge in [-0.05, 0) is 43.1 Å². The minimum atomic E-state index is -3.90. The molecule has 33 heavy (non-hydrogen) atoms. The second-order valence-corrected chi connectivity index (χ2v) is 10.3. The van der Waals surface area contributed by atoms with E-state index in [1.807, 2.05) is 24.3 Å². The molecular formula is C24H31N5O3S. The van der Waals surface area contributed by atoms with E-state index in [0.717, 1.165) is 18.2 Å². The first-order chi connectivity index (χ1) is 15.9. The van der Waals surface area contributed by atoms with E-state index in [1.54, 1.807) is 35.5 Å². The van der Waals surface area contributed by atoms with Crippen LogP contribution in [0.2, 0.25) is 0 Å². The summed E-state index contributed by atoms with van der Waals surface area (Å²) in [5.41, 5.74) is 0. The van der Waals surface area contributed by atoms with Crippen LogP contribution < -0.4 is 10.0 Å². The highest BCUT2D eigenvalue weighted by Gasteiger charge is 2.31. The van der Waals surface area contributed by atoms with Crippen molar-refractivity contribution in [3.63, 3.8) is 0 Å². The van der Waals surface area contributed by atoms with Gasteiger partial charge >= 0.3 is 0 Å². The number of rotatable bonds is 9. The van der Waals surface area contributed by atoms with Gasteiger partial charge in [0.1, 0.15) is 6.04 Å². The number of carbonyl (C=O) groups excluding carboxylic acids is 1. The minimum Gasteiger partial charge on any atom is -0.356 e. The second kappa shape index (κ2) is 10.4. The highest BCUT2D eigenvalue weighted by atomic mass is 32.2. The molecule has 2 aromatic carbocycles. The molecule has 1 aliphatic rings. The normalized spacial score (nSPS) is 16.1. The number of sulfonamides is 1. The molecule has 0 unspecified atom stereocenters. The molecule has 9 heteroatoms. The van der Waals surface area contributed by atoms with Crippen LogP contribution in [0.15, 0.2) is 59.8 Å². The third kappa shape index (κ3) is 5.72. The molecule has 2 heterocycles. The molecule has 1 aromatic heterocycles. The van der Waals surface area contributed by atoms with Crippen molar-refractivity contribution in [2.75, 3.05) is 25.0 Å². The van der Waals surface area contributed by atoms with Crippen molar-refractivity contribution >= 4 is 32.7 Å². The molecule has 176 valence electrons. The van der Waals surface area contributed by atoms with E-state index < -0.39 is 16.1 Å². The lowest BCUT2D eigenvalue weighted by Crippen LogP contribution is -2.50. The SMILES string of the molecule is CC1CCN(C(=O)[C@H](CCCNc2ncc[nH]2)NS(=O)(=O)c2cccc3ccccc23)CC1. The predicted molar refractivity (Wildman–Crippen MR) is 129 cm³/mol. The van der Waals surface area contributed by atoms with Crippen molar-refractivity contribution in [2.45, 2.75) is 43.5 Å². The van der Waals surface area contributed by atoms with Crippen LogP contribution in [-0.4, -0.2) is 54.9 Å². The van der Waals surface area contributed by atoms with Crippen molar-refractivity contribution in [3.05, 3.63) is 54.9 Å². The number of aromatic nitrogens is 2. The summed E-state index contributed by atoms with van der Waals surface area (Å²) in [6, 6.07) is 11.8. The van der Waals surface area contributed by atoms with Gasteiger partial charge in [0, 0.05) is 37.4 Å². The second-order valence-electron chi connectivity index (χ2n) is 8.67. The predicted octanol–water partition coefficient (Wildman–Crippen LogP) is 3.36. The van der Waals surface area contributed by atoms with Gasteiger partial charge in [0.15, 0.2) is 5.95 Å².